The molecular formula is C18H19N3OS. The number of amides is 1. The number of hydrogen-bond acceptors (Lipinski definition) is 4. The van der Waals surface area contributed by atoms with E-state index in [0.717, 1.165) is 22.3 Å². The van der Waals surface area contributed by atoms with E-state index in [2.05, 4.69) is 27.3 Å². The van der Waals surface area contributed by atoms with Crippen LogP contribution in [0.15, 0.2) is 48.0 Å². The van der Waals surface area contributed by atoms with E-state index in [9.17, 15) is 4.79 Å². The van der Waals surface area contributed by atoms with Gasteiger partial charge in [-0.3, -0.25) is 4.79 Å². The smallest absolute Gasteiger partial charge is 0.251 e. The molecule has 0 aliphatic heterocycles. The molecule has 1 heterocycles. The van der Waals surface area contributed by atoms with Gasteiger partial charge in [0.1, 0.15) is 0 Å². The number of nitrogens with zero attached hydrogens (tertiary/aromatic N) is 2. The fourth-order valence-electron chi connectivity index (χ4n) is 2.50. The van der Waals surface area contributed by atoms with Gasteiger partial charge in [-0.25, -0.2) is 4.98 Å². The molecule has 0 atom stereocenters. The molecule has 118 valence electrons. The van der Waals surface area contributed by atoms with Gasteiger partial charge < -0.3 is 10.2 Å². The Bertz CT molecular complexity index is 826. The predicted molar refractivity (Wildman–Crippen MR) is 94.6 cm³/mol. The summed E-state index contributed by atoms with van der Waals surface area (Å²) in [7, 11) is 4.08. The van der Waals surface area contributed by atoms with Crippen molar-refractivity contribution in [1.29, 1.82) is 0 Å². The van der Waals surface area contributed by atoms with E-state index in [1.54, 1.807) is 16.8 Å². The van der Waals surface area contributed by atoms with Crippen molar-refractivity contribution in [3.63, 3.8) is 0 Å². The highest BCUT2D eigenvalue weighted by atomic mass is 32.1. The molecule has 23 heavy (non-hydrogen) atoms. The van der Waals surface area contributed by atoms with E-state index in [1.165, 1.54) is 5.56 Å². The Morgan fingerprint density at radius 1 is 1.17 bits per heavy atom. The molecule has 0 fully saturated rings. The maximum absolute atomic E-state index is 12.4. The molecule has 0 saturated heterocycles. The summed E-state index contributed by atoms with van der Waals surface area (Å²) in [6.07, 6.45) is 0. The van der Waals surface area contributed by atoms with E-state index in [0.29, 0.717) is 12.1 Å². The third kappa shape index (κ3) is 3.75. The molecule has 0 aliphatic carbocycles. The molecule has 0 radical (unpaired) electrons. The lowest BCUT2D eigenvalue weighted by Gasteiger charge is -2.14. The molecule has 0 bridgehead atoms. The molecular weight excluding hydrogens is 306 g/mol. The normalized spacial score (nSPS) is 11.1. The largest absolute Gasteiger partial charge is 0.348 e. The van der Waals surface area contributed by atoms with Gasteiger partial charge >= 0.3 is 0 Å². The minimum absolute atomic E-state index is 0.0556. The van der Waals surface area contributed by atoms with Gasteiger partial charge in [0, 0.05) is 18.7 Å². The molecule has 0 unspecified atom stereocenters. The van der Waals surface area contributed by atoms with Crippen molar-refractivity contribution in [2.45, 2.75) is 13.1 Å². The number of carbonyl (C=O) groups is 1. The van der Waals surface area contributed by atoms with Gasteiger partial charge in [-0.2, -0.15) is 0 Å². The lowest BCUT2D eigenvalue weighted by molar-refractivity contribution is 0.0951. The number of benzene rings is 2. The number of carbonyl (C=O) groups excluding carboxylic acids is 1. The first kappa shape index (κ1) is 15.6. The number of aromatic nitrogens is 1. The summed E-state index contributed by atoms with van der Waals surface area (Å²) in [6.45, 7) is 1.39. The van der Waals surface area contributed by atoms with E-state index in [1.807, 2.05) is 44.4 Å². The maximum atomic E-state index is 12.4. The minimum Gasteiger partial charge on any atom is -0.348 e. The summed E-state index contributed by atoms with van der Waals surface area (Å²) in [5.74, 6) is -0.0556. The Hall–Kier alpha value is -2.24. The minimum atomic E-state index is -0.0556. The number of fused-ring (bicyclic) bond motifs is 1. The lowest BCUT2D eigenvalue weighted by atomic mass is 10.1. The highest BCUT2D eigenvalue weighted by Gasteiger charge is 2.09. The fourth-order valence-corrected chi connectivity index (χ4v) is 3.22. The van der Waals surface area contributed by atoms with Crippen LogP contribution in [0.3, 0.4) is 0 Å². The molecule has 1 N–H and O–H groups in total. The Morgan fingerprint density at radius 2 is 1.96 bits per heavy atom. The van der Waals surface area contributed by atoms with Gasteiger partial charge in [0.2, 0.25) is 0 Å². The Kier molecular flexibility index (Phi) is 4.69. The molecule has 3 rings (SSSR count). The molecule has 0 aliphatic rings. The molecule has 2 aromatic carbocycles. The van der Waals surface area contributed by atoms with Crippen LogP contribution in [-0.2, 0) is 13.1 Å². The van der Waals surface area contributed by atoms with Crippen LogP contribution in [0.4, 0.5) is 0 Å². The van der Waals surface area contributed by atoms with E-state index < -0.39 is 0 Å². The van der Waals surface area contributed by atoms with Gasteiger partial charge in [-0.1, -0.05) is 24.3 Å². The van der Waals surface area contributed by atoms with Gasteiger partial charge in [-0.15, -0.1) is 11.3 Å². The molecule has 3 aromatic rings. The highest BCUT2D eigenvalue weighted by Crippen LogP contribution is 2.19. The van der Waals surface area contributed by atoms with Gasteiger partial charge in [0.25, 0.3) is 5.91 Å². The molecule has 1 aromatic heterocycles. The Labute approximate surface area is 139 Å². The monoisotopic (exact) mass is 325 g/mol. The number of hydrogen-bond donors (Lipinski definition) is 1. The third-order valence-corrected chi connectivity index (χ3v) is 4.43. The SMILES string of the molecule is CN(C)Cc1ccccc1CNC(=O)c1ccc2ncsc2c1. The highest BCUT2D eigenvalue weighted by molar-refractivity contribution is 7.16. The zero-order valence-corrected chi connectivity index (χ0v) is 14.1. The quantitative estimate of drug-likeness (QED) is 0.783. The molecule has 0 spiro atoms. The van der Waals surface area contributed by atoms with Crippen molar-refractivity contribution >= 4 is 27.5 Å². The van der Waals surface area contributed by atoms with Crippen LogP contribution >= 0.6 is 11.3 Å². The maximum Gasteiger partial charge on any atom is 0.251 e. The van der Waals surface area contributed by atoms with Gasteiger partial charge in [0.05, 0.1) is 15.7 Å². The average molecular weight is 325 g/mol. The summed E-state index contributed by atoms with van der Waals surface area (Å²) in [4.78, 5) is 18.7. The average Bonchev–Trinajstić information content (AvgIpc) is 3.00. The van der Waals surface area contributed by atoms with Gasteiger partial charge in [0.15, 0.2) is 0 Å². The van der Waals surface area contributed by atoms with Crippen molar-refractivity contribution < 1.29 is 4.79 Å². The topological polar surface area (TPSA) is 45.2 Å². The van der Waals surface area contributed by atoms with Crippen LogP contribution in [0, 0.1) is 0 Å². The summed E-state index contributed by atoms with van der Waals surface area (Å²) in [6, 6.07) is 13.8. The van der Waals surface area contributed by atoms with Crippen LogP contribution in [0.1, 0.15) is 21.5 Å². The lowest BCUT2D eigenvalue weighted by Crippen LogP contribution is -2.24. The standard InChI is InChI=1S/C18H19N3OS/c1-21(2)11-15-6-4-3-5-14(15)10-19-18(22)13-7-8-16-17(9-13)23-12-20-16/h3-9,12H,10-11H2,1-2H3,(H,19,22). The Morgan fingerprint density at radius 3 is 2.74 bits per heavy atom. The second-order valence-corrected chi connectivity index (χ2v) is 6.61. The van der Waals surface area contributed by atoms with E-state index in [4.69, 9.17) is 0 Å². The second kappa shape index (κ2) is 6.89. The zero-order valence-electron chi connectivity index (χ0n) is 13.2. The van der Waals surface area contributed by atoms with Crippen LogP contribution in [0.5, 0.6) is 0 Å². The molecule has 0 saturated carbocycles. The van der Waals surface area contributed by atoms with Crippen LogP contribution in [0.2, 0.25) is 0 Å². The third-order valence-electron chi connectivity index (χ3n) is 3.64. The van der Waals surface area contributed by atoms with Crippen LogP contribution < -0.4 is 5.32 Å². The molecule has 4 nitrogen and oxygen atoms in total. The summed E-state index contributed by atoms with van der Waals surface area (Å²) >= 11 is 1.55. The summed E-state index contributed by atoms with van der Waals surface area (Å²) in [5.41, 5.74) is 5.78. The predicted octanol–water partition coefficient (Wildman–Crippen LogP) is 3.29. The Balaban J connectivity index is 1.71. The van der Waals surface area contributed by atoms with Crippen molar-refractivity contribution in [3.05, 3.63) is 64.7 Å². The number of thiazole rings is 1. The number of rotatable bonds is 5. The first-order valence-electron chi connectivity index (χ1n) is 7.46. The fraction of sp³-hybridized carbons (Fsp3) is 0.222. The van der Waals surface area contributed by atoms with Crippen molar-refractivity contribution in [2.24, 2.45) is 0 Å². The van der Waals surface area contributed by atoms with Crippen molar-refractivity contribution in [2.75, 3.05) is 14.1 Å². The molecule has 1 amide bonds. The van der Waals surface area contributed by atoms with Crippen LogP contribution in [0.25, 0.3) is 10.2 Å². The van der Waals surface area contributed by atoms with E-state index >= 15 is 0 Å². The zero-order chi connectivity index (χ0) is 16.2. The summed E-state index contributed by atoms with van der Waals surface area (Å²) in [5, 5.41) is 3.01. The molecule has 5 heteroatoms. The second-order valence-electron chi connectivity index (χ2n) is 5.72. The first-order valence-corrected chi connectivity index (χ1v) is 8.34. The van der Waals surface area contributed by atoms with Crippen molar-refractivity contribution in [1.82, 2.24) is 15.2 Å². The van der Waals surface area contributed by atoms with Crippen molar-refractivity contribution in [3.8, 4) is 0 Å². The van der Waals surface area contributed by atoms with Gasteiger partial charge in [-0.05, 0) is 43.4 Å². The van der Waals surface area contributed by atoms with Crippen LogP contribution in [-0.4, -0.2) is 29.9 Å². The number of nitrogens with one attached hydrogen (secondary N) is 1. The first-order chi connectivity index (χ1) is 11.1. The van der Waals surface area contributed by atoms with E-state index in [-0.39, 0.29) is 5.91 Å². The summed E-state index contributed by atoms with van der Waals surface area (Å²) < 4.78 is 1.03.